The lowest BCUT2D eigenvalue weighted by Crippen LogP contribution is -2.35. The van der Waals surface area contributed by atoms with Crippen LogP contribution in [0.15, 0.2) is 34.6 Å². The van der Waals surface area contributed by atoms with Gasteiger partial charge in [-0.3, -0.25) is 14.4 Å². The van der Waals surface area contributed by atoms with E-state index in [1.165, 1.54) is 0 Å². The van der Waals surface area contributed by atoms with Crippen molar-refractivity contribution in [3.05, 3.63) is 34.6 Å². The Hall–Kier alpha value is -1.97. The lowest BCUT2D eigenvalue weighted by Gasteiger charge is -2.24. The molecule has 0 saturated carbocycles. The Morgan fingerprint density at radius 2 is 1.43 bits per heavy atom. The minimum absolute atomic E-state index is 0.190. The van der Waals surface area contributed by atoms with Crippen LogP contribution in [0.3, 0.4) is 0 Å². The summed E-state index contributed by atoms with van der Waals surface area (Å²) in [6, 6.07) is 0. The number of rotatable bonds is 6. The molecule has 0 aliphatic heterocycles. The first-order valence-corrected chi connectivity index (χ1v) is 7.88. The molecule has 4 nitrogen and oxygen atoms in total. The number of carbonyl (C=O) groups excluding carboxylic acids is 3. The number of ketones is 3. The van der Waals surface area contributed by atoms with Gasteiger partial charge in [-0.1, -0.05) is 37.1 Å². The molecule has 0 atom stereocenters. The highest BCUT2D eigenvalue weighted by Crippen LogP contribution is 2.42. The molecular formula is C19H26O4. The molecule has 23 heavy (non-hydrogen) atoms. The SMILES string of the molecule is CC(C)=CCC1(CC=C(C)C)C(=O)C(O)=C(C(=O)C(C)C)C1=O. The smallest absolute Gasteiger partial charge is 0.212 e. The quantitative estimate of drug-likeness (QED) is 0.458. The first-order chi connectivity index (χ1) is 10.5. The lowest BCUT2D eigenvalue weighted by molar-refractivity contribution is -0.135. The van der Waals surface area contributed by atoms with Gasteiger partial charge < -0.3 is 5.11 Å². The van der Waals surface area contributed by atoms with Crippen LogP contribution in [-0.4, -0.2) is 22.5 Å². The minimum Gasteiger partial charge on any atom is -0.504 e. The van der Waals surface area contributed by atoms with Crippen molar-refractivity contribution in [1.29, 1.82) is 0 Å². The Morgan fingerprint density at radius 3 is 1.78 bits per heavy atom. The summed E-state index contributed by atoms with van der Waals surface area (Å²) in [5.74, 6) is -2.78. The normalized spacial score (nSPS) is 16.8. The fraction of sp³-hybridized carbons (Fsp3) is 0.526. The van der Waals surface area contributed by atoms with E-state index in [1.54, 1.807) is 13.8 Å². The minimum atomic E-state index is -1.39. The largest absolute Gasteiger partial charge is 0.504 e. The monoisotopic (exact) mass is 318 g/mol. The zero-order valence-electron chi connectivity index (χ0n) is 14.8. The zero-order valence-corrected chi connectivity index (χ0v) is 14.8. The maximum atomic E-state index is 12.9. The summed E-state index contributed by atoms with van der Waals surface area (Å²) < 4.78 is 0. The van der Waals surface area contributed by atoms with Crippen molar-refractivity contribution in [2.75, 3.05) is 0 Å². The van der Waals surface area contributed by atoms with E-state index in [-0.39, 0.29) is 18.4 Å². The summed E-state index contributed by atoms with van der Waals surface area (Å²) >= 11 is 0. The predicted octanol–water partition coefficient (Wildman–Crippen LogP) is 3.87. The summed E-state index contributed by atoms with van der Waals surface area (Å²) in [5.41, 5.74) is 0.239. The topological polar surface area (TPSA) is 71.4 Å². The van der Waals surface area contributed by atoms with Gasteiger partial charge in [0, 0.05) is 5.92 Å². The van der Waals surface area contributed by atoms with Crippen LogP contribution in [-0.2, 0) is 14.4 Å². The fourth-order valence-corrected chi connectivity index (χ4v) is 2.52. The van der Waals surface area contributed by atoms with Gasteiger partial charge in [-0.15, -0.1) is 0 Å². The van der Waals surface area contributed by atoms with Crippen LogP contribution in [0.25, 0.3) is 0 Å². The van der Waals surface area contributed by atoms with Crippen LogP contribution in [0, 0.1) is 11.3 Å². The molecule has 4 heteroatoms. The Balaban J connectivity index is 3.41. The number of aliphatic hydroxyl groups excluding tert-OH is 1. The van der Waals surface area contributed by atoms with Crippen molar-refractivity contribution >= 4 is 17.3 Å². The van der Waals surface area contributed by atoms with Crippen molar-refractivity contribution in [3.63, 3.8) is 0 Å². The molecule has 1 N–H and O–H groups in total. The van der Waals surface area contributed by atoms with E-state index >= 15 is 0 Å². The third-order valence-corrected chi connectivity index (χ3v) is 4.04. The molecule has 0 spiro atoms. The first kappa shape index (κ1) is 19.1. The number of hydrogen-bond donors (Lipinski definition) is 1. The van der Waals surface area contributed by atoms with Crippen LogP contribution in [0.1, 0.15) is 54.4 Å². The summed E-state index contributed by atoms with van der Waals surface area (Å²) in [6.45, 7) is 10.8. The van der Waals surface area contributed by atoms with Crippen LogP contribution in [0.2, 0.25) is 0 Å². The number of hydrogen-bond acceptors (Lipinski definition) is 4. The molecule has 0 unspecified atom stereocenters. The van der Waals surface area contributed by atoms with E-state index in [1.807, 2.05) is 39.8 Å². The standard InChI is InChI=1S/C19H26O4/c1-11(2)7-9-19(10-8-12(3)4)17(22)14(15(20)13(5)6)16(21)18(19)23/h7-8,13,21H,9-10H2,1-6H3. The Kier molecular flexibility index (Phi) is 5.86. The van der Waals surface area contributed by atoms with Gasteiger partial charge in [0.15, 0.2) is 17.3 Å². The van der Waals surface area contributed by atoms with Gasteiger partial charge in [-0.2, -0.15) is 0 Å². The molecule has 0 aromatic carbocycles. The zero-order chi connectivity index (χ0) is 17.9. The Labute approximate surface area is 138 Å². The maximum absolute atomic E-state index is 12.9. The number of Topliss-reactive ketones (excluding diaryl/α,β-unsaturated/α-hetero) is 3. The maximum Gasteiger partial charge on any atom is 0.212 e. The van der Waals surface area contributed by atoms with E-state index in [0.29, 0.717) is 0 Å². The third-order valence-electron chi connectivity index (χ3n) is 4.04. The molecule has 0 saturated heterocycles. The second-order valence-corrected chi connectivity index (χ2v) is 6.95. The summed E-state index contributed by atoms with van der Waals surface area (Å²) in [6.07, 6.45) is 4.00. The van der Waals surface area contributed by atoms with Crippen molar-refractivity contribution in [1.82, 2.24) is 0 Å². The average Bonchev–Trinajstić information content (AvgIpc) is 2.63. The Bertz CT molecular complexity index is 602. The third kappa shape index (κ3) is 3.69. The van der Waals surface area contributed by atoms with Crippen molar-refractivity contribution in [2.45, 2.75) is 54.4 Å². The van der Waals surface area contributed by atoms with Gasteiger partial charge >= 0.3 is 0 Å². The van der Waals surface area contributed by atoms with Crippen LogP contribution < -0.4 is 0 Å². The molecule has 0 aromatic rings. The highest BCUT2D eigenvalue weighted by atomic mass is 16.3. The van der Waals surface area contributed by atoms with Crippen LogP contribution in [0.4, 0.5) is 0 Å². The van der Waals surface area contributed by atoms with E-state index < -0.39 is 34.4 Å². The molecule has 1 aliphatic rings. The molecule has 0 radical (unpaired) electrons. The van der Waals surface area contributed by atoms with Gasteiger partial charge in [0.1, 0.15) is 11.0 Å². The Morgan fingerprint density at radius 1 is 1.00 bits per heavy atom. The van der Waals surface area contributed by atoms with Gasteiger partial charge in [-0.25, -0.2) is 0 Å². The molecule has 126 valence electrons. The van der Waals surface area contributed by atoms with Crippen molar-refractivity contribution < 1.29 is 19.5 Å². The van der Waals surface area contributed by atoms with Crippen molar-refractivity contribution in [3.8, 4) is 0 Å². The molecule has 0 heterocycles. The van der Waals surface area contributed by atoms with Crippen LogP contribution in [0.5, 0.6) is 0 Å². The summed E-state index contributed by atoms with van der Waals surface area (Å²) in [7, 11) is 0. The molecule has 0 amide bonds. The van der Waals surface area contributed by atoms with Gasteiger partial charge in [0.25, 0.3) is 0 Å². The second-order valence-electron chi connectivity index (χ2n) is 6.95. The fourth-order valence-electron chi connectivity index (χ4n) is 2.52. The van der Waals surface area contributed by atoms with Crippen molar-refractivity contribution in [2.24, 2.45) is 11.3 Å². The van der Waals surface area contributed by atoms with Gasteiger partial charge in [-0.05, 0) is 40.5 Å². The number of allylic oxidation sites excluding steroid dienone is 6. The molecule has 0 fully saturated rings. The predicted molar refractivity (Wildman–Crippen MR) is 90.0 cm³/mol. The lowest BCUT2D eigenvalue weighted by atomic mass is 9.74. The van der Waals surface area contributed by atoms with Crippen LogP contribution >= 0.6 is 0 Å². The number of carbonyl (C=O) groups is 3. The van der Waals surface area contributed by atoms with Gasteiger partial charge in [0.05, 0.1) is 0 Å². The highest BCUT2D eigenvalue weighted by molar-refractivity contribution is 6.37. The van der Waals surface area contributed by atoms with E-state index in [9.17, 15) is 19.5 Å². The molecular weight excluding hydrogens is 292 g/mol. The van der Waals surface area contributed by atoms with E-state index in [4.69, 9.17) is 0 Å². The van der Waals surface area contributed by atoms with Gasteiger partial charge in [0.2, 0.25) is 5.78 Å². The highest BCUT2D eigenvalue weighted by Gasteiger charge is 2.55. The average molecular weight is 318 g/mol. The molecule has 0 bridgehead atoms. The molecule has 0 aromatic heterocycles. The van der Waals surface area contributed by atoms with E-state index in [2.05, 4.69) is 0 Å². The number of aliphatic hydroxyl groups is 1. The molecule has 1 rings (SSSR count). The summed E-state index contributed by atoms with van der Waals surface area (Å²) in [5, 5.41) is 10.2. The van der Waals surface area contributed by atoms with E-state index in [0.717, 1.165) is 11.1 Å². The summed E-state index contributed by atoms with van der Waals surface area (Å²) in [4.78, 5) is 37.8. The second kappa shape index (κ2) is 7.07. The molecule has 1 aliphatic carbocycles. The first-order valence-electron chi connectivity index (χ1n) is 7.88.